The third-order valence-electron chi connectivity index (χ3n) is 7.79. The third-order valence-corrected chi connectivity index (χ3v) is 7.79. The zero-order chi connectivity index (χ0) is 29.0. The zero-order valence-electron chi connectivity index (χ0n) is 23.5. The summed E-state index contributed by atoms with van der Waals surface area (Å²) in [5.41, 5.74) is 1.70. The molecule has 1 heterocycles. The first-order valence-electron chi connectivity index (χ1n) is 13.8. The number of ether oxygens (including phenoxy) is 1. The predicted octanol–water partition coefficient (Wildman–Crippen LogP) is 5.61. The Morgan fingerprint density at radius 2 is 1.70 bits per heavy atom. The molecule has 1 spiro atoms. The Morgan fingerprint density at radius 1 is 1.02 bits per heavy atom. The minimum absolute atomic E-state index is 0.00892. The average molecular weight is 551 g/mol. The number of carbonyl (C=O) groups excluding carboxylic acids is 3. The van der Waals surface area contributed by atoms with E-state index in [1.165, 1.54) is 7.11 Å². The van der Waals surface area contributed by atoms with Crippen molar-refractivity contribution in [1.82, 2.24) is 9.80 Å². The van der Waals surface area contributed by atoms with Crippen LogP contribution in [0.5, 0.6) is 5.75 Å². The summed E-state index contributed by atoms with van der Waals surface area (Å²) in [5.74, 6) is -1.20. The molecule has 0 bridgehead atoms. The van der Waals surface area contributed by atoms with E-state index in [1.54, 1.807) is 23.1 Å². The highest BCUT2D eigenvalue weighted by Gasteiger charge is 2.59. The molecule has 10 heteroatoms. The number of aryl methyl sites for hydroxylation is 1. The van der Waals surface area contributed by atoms with Crippen LogP contribution in [-0.2, 0) is 16.1 Å². The van der Waals surface area contributed by atoms with Crippen molar-refractivity contribution < 1.29 is 29.0 Å². The van der Waals surface area contributed by atoms with Gasteiger partial charge in [0.15, 0.2) is 0 Å². The standard InChI is InChI=1S/C30H38N4O6/c1-19(2)16-24(26(35)36)34-27(37)30(14-8-5-9-15-30)33(29(34)39)18-21-12-13-23(25(17-21)40-4)32-28(38)31-22-11-7-6-10-20(22)3/h6-7,10-13,17,19,24H,5,8-9,14-16,18H2,1-4H3,(H,35,36)(H2,31,32,38). The number of hydrogen-bond donors (Lipinski definition) is 3. The Morgan fingerprint density at radius 3 is 2.33 bits per heavy atom. The summed E-state index contributed by atoms with van der Waals surface area (Å²) in [6.45, 7) is 5.76. The molecule has 2 aromatic rings. The number of amides is 5. The number of carboxylic acids is 1. The van der Waals surface area contributed by atoms with Crippen LogP contribution in [0.2, 0.25) is 0 Å². The molecule has 2 aromatic carbocycles. The van der Waals surface area contributed by atoms with E-state index in [2.05, 4.69) is 10.6 Å². The van der Waals surface area contributed by atoms with Crippen molar-refractivity contribution in [2.75, 3.05) is 17.7 Å². The van der Waals surface area contributed by atoms with Gasteiger partial charge in [0.25, 0.3) is 5.91 Å². The number of carbonyl (C=O) groups is 4. The van der Waals surface area contributed by atoms with Crippen LogP contribution in [0.3, 0.4) is 0 Å². The molecule has 1 aliphatic carbocycles. The highest BCUT2D eigenvalue weighted by molar-refractivity contribution is 6.09. The fraction of sp³-hybridized carbons (Fsp3) is 0.467. The van der Waals surface area contributed by atoms with E-state index in [4.69, 9.17) is 4.74 Å². The first-order chi connectivity index (χ1) is 19.1. The minimum Gasteiger partial charge on any atom is -0.495 e. The molecule has 1 aliphatic heterocycles. The van der Waals surface area contributed by atoms with Gasteiger partial charge < -0.3 is 25.4 Å². The van der Waals surface area contributed by atoms with Gasteiger partial charge in [-0.2, -0.15) is 0 Å². The van der Waals surface area contributed by atoms with Gasteiger partial charge in [0.05, 0.1) is 12.8 Å². The number of anilines is 2. The van der Waals surface area contributed by atoms with Crippen molar-refractivity contribution in [2.45, 2.75) is 77.4 Å². The third kappa shape index (κ3) is 5.76. The van der Waals surface area contributed by atoms with Gasteiger partial charge in [-0.3, -0.25) is 4.79 Å². The van der Waals surface area contributed by atoms with Crippen molar-refractivity contribution in [2.24, 2.45) is 5.92 Å². The predicted molar refractivity (Wildman–Crippen MR) is 151 cm³/mol. The zero-order valence-corrected chi connectivity index (χ0v) is 23.5. The van der Waals surface area contributed by atoms with Gasteiger partial charge in [0.1, 0.15) is 17.3 Å². The molecule has 40 heavy (non-hydrogen) atoms. The number of imide groups is 1. The molecule has 2 fully saturated rings. The van der Waals surface area contributed by atoms with Gasteiger partial charge in [0, 0.05) is 12.2 Å². The number of methoxy groups -OCH3 is 1. The van der Waals surface area contributed by atoms with Gasteiger partial charge in [0.2, 0.25) is 0 Å². The van der Waals surface area contributed by atoms with Crippen LogP contribution in [-0.4, -0.2) is 57.5 Å². The van der Waals surface area contributed by atoms with Crippen LogP contribution in [0, 0.1) is 12.8 Å². The van der Waals surface area contributed by atoms with Crippen LogP contribution in [0.1, 0.15) is 63.5 Å². The van der Waals surface area contributed by atoms with Crippen molar-refractivity contribution in [3.05, 3.63) is 53.6 Å². The topological polar surface area (TPSA) is 128 Å². The number of rotatable bonds is 9. The fourth-order valence-corrected chi connectivity index (χ4v) is 5.73. The van der Waals surface area contributed by atoms with Crippen molar-refractivity contribution in [1.29, 1.82) is 0 Å². The number of nitrogens with one attached hydrogen (secondary N) is 2. The highest BCUT2D eigenvalue weighted by atomic mass is 16.5. The van der Waals surface area contributed by atoms with Gasteiger partial charge in [-0.05, 0) is 61.4 Å². The number of nitrogens with zero attached hydrogens (tertiary/aromatic N) is 2. The molecule has 4 rings (SSSR count). The van der Waals surface area contributed by atoms with Crippen molar-refractivity contribution in [3.8, 4) is 5.75 Å². The molecule has 0 radical (unpaired) electrons. The first-order valence-corrected chi connectivity index (χ1v) is 13.8. The lowest BCUT2D eigenvalue weighted by Crippen LogP contribution is -2.51. The molecule has 1 saturated heterocycles. The normalized spacial score (nSPS) is 17.3. The SMILES string of the molecule is COc1cc(CN2C(=O)N(C(CC(C)C)C(=O)O)C(=O)C23CCCCC3)ccc1NC(=O)Nc1ccccc1C. The minimum atomic E-state index is -1.21. The monoisotopic (exact) mass is 550 g/mol. The van der Waals surface area contributed by atoms with Gasteiger partial charge in [-0.1, -0.05) is 57.4 Å². The van der Waals surface area contributed by atoms with Crippen LogP contribution < -0.4 is 15.4 Å². The molecule has 10 nitrogen and oxygen atoms in total. The fourth-order valence-electron chi connectivity index (χ4n) is 5.73. The van der Waals surface area contributed by atoms with E-state index in [0.29, 0.717) is 35.5 Å². The van der Waals surface area contributed by atoms with Gasteiger partial charge >= 0.3 is 18.0 Å². The van der Waals surface area contributed by atoms with Crippen LogP contribution in [0.15, 0.2) is 42.5 Å². The van der Waals surface area contributed by atoms with Crippen LogP contribution >= 0.6 is 0 Å². The second-order valence-electron chi connectivity index (χ2n) is 11.0. The maximum absolute atomic E-state index is 13.8. The molecule has 1 unspecified atom stereocenters. The smallest absolute Gasteiger partial charge is 0.328 e. The summed E-state index contributed by atoms with van der Waals surface area (Å²) in [5, 5.41) is 15.6. The van der Waals surface area contributed by atoms with Crippen LogP contribution in [0.25, 0.3) is 0 Å². The number of aliphatic carboxylic acids is 1. The van der Waals surface area contributed by atoms with Gasteiger partial charge in [-0.15, -0.1) is 0 Å². The van der Waals surface area contributed by atoms with E-state index in [-0.39, 0.29) is 18.9 Å². The van der Waals surface area contributed by atoms with E-state index in [9.17, 15) is 24.3 Å². The molecule has 1 saturated carbocycles. The summed E-state index contributed by atoms with van der Waals surface area (Å²) >= 11 is 0. The van der Waals surface area contributed by atoms with E-state index in [0.717, 1.165) is 29.7 Å². The number of carboxylic acid groups (broad SMARTS) is 1. The summed E-state index contributed by atoms with van der Waals surface area (Å²) in [7, 11) is 1.49. The molecule has 3 N–H and O–H groups in total. The Kier molecular flexibility index (Phi) is 8.66. The quantitative estimate of drug-likeness (QED) is 0.348. The van der Waals surface area contributed by atoms with E-state index < -0.39 is 35.5 Å². The van der Waals surface area contributed by atoms with Crippen molar-refractivity contribution >= 4 is 35.3 Å². The average Bonchev–Trinajstić information content (AvgIpc) is 3.10. The number of hydrogen-bond acceptors (Lipinski definition) is 5. The Labute approximate surface area is 234 Å². The van der Waals surface area contributed by atoms with E-state index >= 15 is 0 Å². The maximum atomic E-state index is 13.8. The summed E-state index contributed by atoms with van der Waals surface area (Å²) in [4.78, 5) is 54.9. The largest absolute Gasteiger partial charge is 0.495 e. The molecule has 1 atom stereocenters. The second kappa shape index (κ2) is 12.0. The maximum Gasteiger partial charge on any atom is 0.328 e. The number of para-hydroxylation sites is 1. The lowest BCUT2D eigenvalue weighted by atomic mass is 9.80. The second-order valence-corrected chi connectivity index (χ2v) is 11.0. The highest BCUT2D eigenvalue weighted by Crippen LogP contribution is 2.43. The molecule has 0 aromatic heterocycles. The van der Waals surface area contributed by atoms with E-state index in [1.807, 2.05) is 45.0 Å². The van der Waals surface area contributed by atoms with Gasteiger partial charge in [-0.25, -0.2) is 19.3 Å². The molecule has 5 amide bonds. The Bertz CT molecular complexity index is 1290. The Hall–Kier alpha value is -4.08. The Balaban J connectivity index is 1.59. The lowest BCUT2D eigenvalue weighted by molar-refractivity contribution is -0.149. The molecule has 214 valence electrons. The molecular weight excluding hydrogens is 512 g/mol. The number of benzene rings is 2. The lowest BCUT2D eigenvalue weighted by Gasteiger charge is -2.38. The van der Waals surface area contributed by atoms with Crippen LogP contribution in [0.4, 0.5) is 21.0 Å². The first kappa shape index (κ1) is 28.9. The summed E-state index contributed by atoms with van der Waals surface area (Å²) in [6.07, 6.45) is 3.72. The summed E-state index contributed by atoms with van der Waals surface area (Å²) in [6, 6.07) is 10.4. The molecular formula is C30H38N4O6. The summed E-state index contributed by atoms with van der Waals surface area (Å²) < 4.78 is 5.54. The number of urea groups is 2. The van der Waals surface area contributed by atoms with Crippen molar-refractivity contribution in [3.63, 3.8) is 0 Å². The molecule has 2 aliphatic rings.